The Balaban J connectivity index is 0.00000120. The van der Waals surface area contributed by atoms with Gasteiger partial charge in [-0.15, -0.1) is 12.4 Å². The van der Waals surface area contributed by atoms with E-state index >= 15 is 0 Å². The first-order valence-electron chi connectivity index (χ1n) is 6.69. The average Bonchev–Trinajstić information content (AvgIpc) is 2.86. The molecule has 2 atom stereocenters. The van der Waals surface area contributed by atoms with Gasteiger partial charge in [-0.05, 0) is 35.8 Å². The zero-order chi connectivity index (χ0) is 11.7. The number of aryl methyl sites for hydroxylation is 1. The SMILES string of the molecule is CC1CCc2ccccc2C1CC1=NCCN1.Cl. The van der Waals surface area contributed by atoms with Crippen molar-refractivity contribution in [2.45, 2.75) is 32.1 Å². The van der Waals surface area contributed by atoms with Gasteiger partial charge >= 0.3 is 0 Å². The van der Waals surface area contributed by atoms with Crippen LogP contribution in [0.1, 0.15) is 36.8 Å². The van der Waals surface area contributed by atoms with Crippen molar-refractivity contribution < 1.29 is 0 Å². The van der Waals surface area contributed by atoms with Gasteiger partial charge in [0.1, 0.15) is 0 Å². The Kier molecular flexibility index (Phi) is 4.28. The number of halogens is 1. The summed E-state index contributed by atoms with van der Waals surface area (Å²) in [5.74, 6) is 2.65. The number of nitrogens with zero attached hydrogens (tertiary/aromatic N) is 1. The molecule has 3 heteroatoms. The second-order valence-corrected chi connectivity index (χ2v) is 5.28. The van der Waals surface area contributed by atoms with Gasteiger partial charge < -0.3 is 5.32 Å². The third-order valence-corrected chi connectivity index (χ3v) is 4.17. The molecule has 0 saturated carbocycles. The zero-order valence-corrected chi connectivity index (χ0v) is 11.7. The molecule has 2 unspecified atom stereocenters. The summed E-state index contributed by atoms with van der Waals surface area (Å²) >= 11 is 0. The van der Waals surface area contributed by atoms with E-state index in [1.54, 1.807) is 11.1 Å². The van der Waals surface area contributed by atoms with Gasteiger partial charge in [0.25, 0.3) is 0 Å². The molecule has 1 aromatic carbocycles. The average molecular weight is 265 g/mol. The van der Waals surface area contributed by atoms with Crippen molar-refractivity contribution in [2.75, 3.05) is 13.1 Å². The van der Waals surface area contributed by atoms with Crippen LogP contribution in [0.3, 0.4) is 0 Å². The number of aliphatic imine (C=N–C) groups is 1. The summed E-state index contributed by atoms with van der Waals surface area (Å²) in [7, 11) is 0. The van der Waals surface area contributed by atoms with Gasteiger partial charge in [0.2, 0.25) is 0 Å². The summed E-state index contributed by atoms with van der Waals surface area (Å²) in [5.41, 5.74) is 3.11. The van der Waals surface area contributed by atoms with Crippen LogP contribution >= 0.6 is 12.4 Å². The van der Waals surface area contributed by atoms with Crippen molar-refractivity contribution in [3.05, 3.63) is 35.4 Å². The number of nitrogens with one attached hydrogen (secondary N) is 1. The van der Waals surface area contributed by atoms with Gasteiger partial charge in [-0.1, -0.05) is 31.2 Å². The van der Waals surface area contributed by atoms with Crippen LogP contribution in [0.15, 0.2) is 29.3 Å². The normalized spacial score (nSPS) is 25.7. The van der Waals surface area contributed by atoms with Gasteiger partial charge in [-0.25, -0.2) is 0 Å². The minimum atomic E-state index is 0. The van der Waals surface area contributed by atoms with Gasteiger partial charge in [0.15, 0.2) is 0 Å². The molecule has 0 amide bonds. The molecule has 98 valence electrons. The molecular weight excluding hydrogens is 244 g/mol. The highest BCUT2D eigenvalue weighted by Gasteiger charge is 2.27. The number of fused-ring (bicyclic) bond motifs is 1. The molecule has 1 aromatic rings. The van der Waals surface area contributed by atoms with Gasteiger partial charge in [0.05, 0.1) is 12.4 Å². The number of hydrogen-bond donors (Lipinski definition) is 1. The number of rotatable bonds is 2. The number of benzene rings is 1. The first kappa shape index (κ1) is 13.4. The maximum absolute atomic E-state index is 4.54. The molecule has 1 aliphatic heterocycles. The lowest BCUT2D eigenvalue weighted by atomic mass is 9.74. The molecule has 0 radical (unpaired) electrons. The van der Waals surface area contributed by atoms with Crippen LogP contribution in [0.25, 0.3) is 0 Å². The minimum absolute atomic E-state index is 0. The molecule has 2 aliphatic rings. The smallest absolute Gasteiger partial charge is 0.0970 e. The van der Waals surface area contributed by atoms with Crippen molar-refractivity contribution in [2.24, 2.45) is 10.9 Å². The first-order valence-corrected chi connectivity index (χ1v) is 6.69. The van der Waals surface area contributed by atoms with Gasteiger partial charge in [0, 0.05) is 13.0 Å². The molecule has 1 heterocycles. The second-order valence-electron chi connectivity index (χ2n) is 5.28. The van der Waals surface area contributed by atoms with Crippen molar-refractivity contribution in [3.63, 3.8) is 0 Å². The highest BCUT2D eigenvalue weighted by Crippen LogP contribution is 2.38. The Morgan fingerprint density at radius 1 is 1.33 bits per heavy atom. The summed E-state index contributed by atoms with van der Waals surface area (Å²) in [4.78, 5) is 4.54. The largest absolute Gasteiger partial charge is 0.372 e. The van der Waals surface area contributed by atoms with E-state index in [9.17, 15) is 0 Å². The van der Waals surface area contributed by atoms with E-state index in [1.165, 1.54) is 18.7 Å². The molecule has 18 heavy (non-hydrogen) atoms. The molecule has 0 spiro atoms. The summed E-state index contributed by atoms with van der Waals surface area (Å²) < 4.78 is 0. The topological polar surface area (TPSA) is 24.4 Å². The van der Waals surface area contributed by atoms with Crippen LogP contribution in [0.4, 0.5) is 0 Å². The van der Waals surface area contributed by atoms with Crippen LogP contribution in [-0.4, -0.2) is 18.9 Å². The summed E-state index contributed by atoms with van der Waals surface area (Å²) in [6, 6.07) is 8.94. The van der Waals surface area contributed by atoms with Crippen molar-refractivity contribution in [1.29, 1.82) is 0 Å². The van der Waals surface area contributed by atoms with Crippen LogP contribution in [0.2, 0.25) is 0 Å². The fraction of sp³-hybridized carbons (Fsp3) is 0.533. The van der Waals surface area contributed by atoms with Crippen LogP contribution in [0, 0.1) is 5.92 Å². The zero-order valence-electron chi connectivity index (χ0n) is 10.9. The Bertz CT molecular complexity index is 442. The lowest BCUT2D eigenvalue weighted by Gasteiger charge is -2.31. The van der Waals surface area contributed by atoms with E-state index in [4.69, 9.17) is 0 Å². The number of amidine groups is 1. The third kappa shape index (κ3) is 2.54. The van der Waals surface area contributed by atoms with E-state index in [1.807, 2.05) is 0 Å². The first-order chi connectivity index (χ1) is 8.34. The molecule has 0 bridgehead atoms. The van der Waals surface area contributed by atoms with Crippen LogP contribution < -0.4 is 5.32 Å². The second kappa shape index (κ2) is 5.75. The van der Waals surface area contributed by atoms with Crippen molar-refractivity contribution in [3.8, 4) is 0 Å². The lowest BCUT2D eigenvalue weighted by Crippen LogP contribution is -2.26. The van der Waals surface area contributed by atoms with E-state index in [2.05, 4.69) is 41.5 Å². The molecule has 3 rings (SSSR count). The highest BCUT2D eigenvalue weighted by molar-refractivity contribution is 5.85. The molecule has 0 aromatic heterocycles. The predicted molar refractivity (Wildman–Crippen MR) is 78.8 cm³/mol. The minimum Gasteiger partial charge on any atom is -0.372 e. The Hall–Kier alpha value is -1.02. The standard InChI is InChI=1S/C15H20N2.ClH/c1-11-6-7-12-4-2-3-5-13(12)14(11)10-15-16-8-9-17-15;/h2-5,11,14H,6-10H2,1H3,(H,16,17);1H. The fourth-order valence-corrected chi connectivity index (χ4v) is 3.12. The monoisotopic (exact) mass is 264 g/mol. The van der Waals surface area contributed by atoms with E-state index < -0.39 is 0 Å². The molecule has 0 fully saturated rings. The van der Waals surface area contributed by atoms with E-state index in [0.29, 0.717) is 5.92 Å². The molecule has 1 N–H and O–H groups in total. The van der Waals surface area contributed by atoms with Gasteiger partial charge in [-0.2, -0.15) is 0 Å². The summed E-state index contributed by atoms with van der Waals surface area (Å²) in [6.07, 6.45) is 3.65. The van der Waals surface area contributed by atoms with Crippen molar-refractivity contribution >= 4 is 18.2 Å². The highest BCUT2D eigenvalue weighted by atomic mass is 35.5. The Morgan fingerprint density at radius 3 is 2.94 bits per heavy atom. The summed E-state index contributed by atoms with van der Waals surface area (Å²) in [5, 5.41) is 3.41. The van der Waals surface area contributed by atoms with Gasteiger partial charge in [-0.3, -0.25) is 4.99 Å². The van der Waals surface area contributed by atoms with Crippen LogP contribution in [-0.2, 0) is 6.42 Å². The third-order valence-electron chi connectivity index (χ3n) is 4.17. The maximum Gasteiger partial charge on any atom is 0.0970 e. The van der Waals surface area contributed by atoms with Crippen molar-refractivity contribution in [1.82, 2.24) is 5.32 Å². The van der Waals surface area contributed by atoms with Crippen LogP contribution in [0.5, 0.6) is 0 Å². The summed E-state index contributed by atoms with van der Waals surface area (Å²) in [6.45, 7) is 4.37. The van der Waals surface area contributed by atoms with E-state index in [0.717, 1.165) is 25.4 Å². The van der Waals surface area contributed by atoms with E-state index in [-0.39, 0.29) is 12.4 Å². The fourth-order valence-electron chi connectivity index (χ4n) is 3.12. The maximum atomic E-state index is 4.54. The number of hydrogen-bond acceptors (Lipinski definition) is 2. The molecular formula is C15H21ClN2. The lowest BCUT2D eigenvalue weighted by molar-refractivity contribution is 0.409. The molecule has 0 saturated heterocycles. The molecule has 1 aliphatic carbocycles. The Labute approximate surface area is 115 Å². The molecule has 2 nitrogen and oxygen atoms in total. The Morgan fingerprint density at radius 2 is 2.17 bits per heavy atom. The quantitative estimate of drug-likeness (QED) is 0.872. The predicted octanol–water partition coefficient (Wildman–Crippen LogP) is 3.17.